The summed E-state index contributed by atoms with van der Waals surface area (Å²) in [4.78, 5) is 24.6. The van der Waals surface area contributed by atoms with Crippen LogP contribution in [0.25, 0.3) is 0 Å². The highest BCUT2D eigenvalue weighted by Crippen LogP contribution is 2.20. The second kappa shape index (κ2) is 8.92. The summed E-state index contributed by atoms with van der Waals surface area (Å²) >= 11 is 0. The molecule has 0 aliphatic carbocycles. The molecule has 0 unspecified atom stereocenters. The second-order valence-electron chi connectivity index (χ2n) is 4.98. The van der Waals surface area contributed by atoms with Crippen LogP contribution in [0.15, 0.2) is 24.3 Å². The Labute approximate surface area is 131 Å². The molecule has 0 aromatic heterocycles. The van der Waals surface area contributed by atoms with Crippen molar-refractivity contribution < 1.29 is 19.1 Å². The van der Waals surface area contributed by atoms with Crippen LogP contribution in [-0.4, -0.2) is 37.8 Å². The Morgan fingerprint density at radius 2 is 1.86 bits per heavy atom. The minimum atomic E-state index is -0.480. The van der Waals surface area contributed by atoms with E-state index < -0.39 is 6.09 Å². The van der Waals surface area contributed by atoms with Gasteiger partial charge >= 0.3 is 6.09 Å². The van der Waals surface area contributed by atoms with Crippen molar-refractivity contribution >= 4 is 17.7 Å². The maximum absolute atomic E-state index is 11.8. The number of carbonyl (C=O) groups is 2. The van der Waals surface area contributed by atoms with E-state index in [1.54, 1.807) is 11.8 Å². The van der Waals surface area contributed by atoms with Crippen molar-refractivity contribution in [3.63, 3.8) is 0 Å². The number of amides is 2. The molecule has 0 aliphatic rings. The normalized spacial score (nSPS) is 10.2. The molecule has 0 atom stereocenters. The van der Waals surface area contributed by atoms with Crippen LogP contribution in [0.3, 0.4) is 0 Å². The van der Waals surface area contributed by atoms with E-state index in [4.69, 9.17) is 9.47 Å². The van der Waals surface area contributed by atoms with Gasteiger partial charge in [0.05, 0.1) is 12.7 Å². The Morgan fingerprint density at radius 3 is 2.36 bits per heavy atom. The number of benzene rings is 1. The van der Waals surface area contributed by atoms with Gasteiger partial charge in [-0.25, -0.2) is 4.79 Å². The van der Waals surface area contributed by atoms with Crippen LogP contribution in [0.5, 0.6) is 5.75 Å². The van der Waals surface area contributed by atoms with Crippen LogP contribution in [0.1, 0.15) is 27.7 Å². The first-order valence-electron chi connectivity index (χ1n) is 7.39. The SMILES string of the molecule is CCOC(=O)NCCN(C(C)=O)c1ccc(OC(C)C)cc1. The summed E-state index contributed by atoms with van der Waals surface area (Å²) in [7, 11) is 0. The Bertz CT molecular complexity index is 485. The number of ether oxygens (including phenoxy) is 2. The summed E-state index contributed by atoms with van der Waals surface area (Å²) in [5.74, 6) is 0.662. The Hall–Kier alpha value is -2.24. The summed E-state index contributed by atoms with van der Waals surface area (Å²) in [6, 6.07) is 7.29. The number of hydrogen-bond acceptors (Lipinski definition) is 4. The summed E-state index contributed by atoms with van der Waals surface area (Å²) in [5, 5.41) is 2.60. The first kappa shape index (κ1) is 17.8. The average Bonchev–Trinajstić information content (AvgIpc) is 2.44. The molecule has 0 spiro atoms. The molecule has 2 amide bonds. The number of alkyl carbamates (subject to hydrolysis) is 1. The molecule has 0 fully saturated rings. The summed E-state index contributed by atoms with van der Waals surface area (Å²) in [6.45, 7) is 8.15. The molecular formula is C16H24N2O4. The molecule has 1 aromatic rings. The number of hydrogen-bond donors (Lipinski definition) is 1. The highest BCUT2D eigenvalue weighted by molar-refractivity contribution is 5.91. The van der Waals surface area contributed by atoms with Gasteiger partial charge in [-0.15, -0.1) is 0 Å². The van der Waals surface area contributed by atoms with Crippen molar-refractivity contribution in [3.8, 4) is 5.75 Å². The zero-order valence-corrected chi connectivity index (χ0v) is 13.6. The van der Waals surface area contributed by atoms with Crippen molar-refractivity contribution in [3.05, 3.63) is 24.3 Å². The van der Waals surface area contributed by atoms with Gasteiger partial charge in [0, 0.05) is 25.7 Å². The topological polar surface area (TPSA) is 67.9 Å². The standard InChI is InChI=1S/C16H24N2O4/c1-5-21-16(20)17-10-11-18(13(4)19)14-6-8-15(9-7-14)22-12(2)3/h6-9,12H,5,10-11H2,1-4H3,(H,17,20). The molecule has 0 heterocycles. The smallest absolute Gasteiger partial charge is 0.407 e. The molecular weight excluding hydrogens is 284 g/mol. The van der Waals surface area contributed by atoms with Crippen molar-refractivity contribution in [2.24, 2.45) is 0 Å². The monoisotopic (exact) mass is 308 g/mol. The Kier molecular flexibility index (Phi) is 7.22. The minimum Gasteiger partial charge on any atom is -0.491 e. The molecule has 122 valence electrons. The van der Waals surface area contributed by atoms with Crippen molar-refractivity contribution in [1.82, 2.24) is 5.32 Å². The molecule has 1 N–H and O–H groups in total. The molecule has 1 aromatic carbocycles. The van der Waals surface area contributed by atoms with Crippen LogP contribution >= 0.6 is 0 Å². The van der Waals surface area contributed by atoms with Gasteiger partial charge in [-0.05, 0) is 45.0 Å². The lowest BCUT2D eigenvalue weighted by Gasteiger charge is -2.22. The molecule has 0 aliphatic heterocycles. The molecule has 6 heteroatoms. The van der Waals surface area contributed by atoms with Crippen molar-refractivity contribution in [2.75, 3.05) is 24.6 Å². The van der Waals surface area contributed by atoms with Gasteiger partial charge in [0.1, 0.15) is 5.75 Å². The molecule has 0 bridgehead atoms. The lowest BCUT2D eigenvalue weighted by molar-refractivity contribution is -0.116. The Morgan fingerprint density at radius 1 is 1.23 bits per heavy atom. The van der Waals surface area contributed by atoms with Crippen molar-refractivity contribution in [2.45, 2.75) is 33.8 Å². The summed E-state index contributed by atoms with van der Waals surface area (Å²) in [5.41, 5.74) is 0.759. The molecule has 1 rings (SSSR count). The molecule has 22 heavy (non-hydrogen) atoms. The summed E-state index contributed by atoms with van der Waals surface area (Å²) < 4.78 is 10.3. The molecule has 0 saturated carbocycles. The fourth-order valence-electron chi connectivity index (χ4n) is 1.90. The number of nitrogens with zero attached hydrogens (tertiary/aromatic N) is 1. The van der Waals surface area contributed by atoms with E-state index in [0.29, 0.717) is 19.7 Å². The van der Waals surface area contributed by atoms with E-state index in [9.17, 15) is 9.59 Å². The van der Waals surface area contributed by atoms with Crippen LogP contribution in [0.2, 0.25) is 0 Å². The second-order valence-corrected chi connectivity index (χ2v) is 4.98. The maximum Gasteiger partial charge on any atom is 0.407 e. The molecule has 0 radical (unpaired) electrons. The number of anilines is 1. The van der Waals surface area contributed by atoms with E-state index in [-0.39, 0.29) is 12.0 Å². The molecule has 6 nitrogen and oxygen atoms in total. The van der Waals surface area contributed by atoms with Gasteiger partial charge in [-0.2, -0.15) is 0 Å². The highest BCUT2D eigenvalue weighted by Gasteiger charge is 2.12. The van der Waals surface area contributed by atoms with Gasteiger partial charge in [-0.3, -0.25) is 4.79 Å². The van der Waals surface area contributed by atoms with Gasteiger partial charge in [0.2, 0.25) is 5.91 Å². The predicted molar refractivity (Wildman–Crippen MR) is 85.3 cm³/mol. The zero-order chi connectivity index (χ0) is 16.5. The van der Waals surface area contributed by atoms with Crippen molar-refractivity contribution in [1.29, 1.82) is 0 Å². The molecule has 0 saturated heterocycles. The fourth-order valence-corrected chi connectivity index (χ4v) is 1.90. The first-order valence-corrected chi connectivity index (χ1v) is 7.39. The van der Waals surface area contributed by atoms with Crippen LogP contribution in [0, 0.1) is 0 Å². The predicted octanol–water partition coefficient (Wildman–Crippen LogP) is 2.57. The first-order chi connectivity index (χ1) is 10.4. The average molecular weight is 308 g/mol. The van der Waals surface area contributed by atoms with E-state index >= 15 is 0 Å². The quantitative estimate of drug-likeness (QED) is 0.840. The third-order valence-electron chi connectivity index (χ3n) is 2.78. The highest BCUT2D eigenvalue weighted by atomic mass is 16.5. The number of rotatable bonds is 7. The number of carbonyl (C=O) groups excluding carboxylic acids is 2. The van der Waals surface area contributed by atoms with Crippen LogP contribution in [0.4, 0.5) is 10.5 Å². The lowest BCUT2D eigenvalue weighted by Crippen LogP contribution is -2.37. The maximum atomic E-state index is 11.8. The van der Waals surface area contributed by atoms with E-state index in [2.05, 4.69) is 5.32 Å². The largest absolute Gasteiger partial charge is 0.491 e. The third-order valence-corrected chi connectivity index (χ3v) is 2.78. The van der Waals surface area contributed by atoms with E-state index in [1.165, 1.54) is 6.92 Å². The third kappa shape index (κ3) is 6.03. The van der Waals surface area contributed by atoms with Gasteiger partial charge in [-0.1, -0.05) is 0 Å². The number of nitrogens with one attached hydrogen (secondary N) is 1. The van der Waals surface area contributed by atoms with Crippen LogP contribution in [-0.2, 0) is 9.53 Å². The van der Waals surface area contributed by atoms with E-state index in [0.717, 1.165) is 11.4 Å². The van der Waals surface area contributed by atoms with E-state index in [1.807, 2.05) is 38.1 Å². The van der Waals surface area contributed by atoms with Gasteiger partial charge in [0.15, 0.2) is 0 Å². The van der Waals surface area contributed by atoms with Gasteiger partial charge < -0.3 is 19.7 Å². The lowest BCUT2D eigenvalue weighted by atomic mass is 10.2. The van der Waals surface area contributed by atoms with Crippen LogP contribution < -0.4 is 15.0 Å². The van der Waals surface area contributed by atoms with Gasteiger partial charge in [0.25, 0.3) is 0 Å². The summed E-state index contributed by atoms with van der Waals surface area (Å²) in [6.07, 6.45) is -0.379. The Balaban J connectivity index is 2.63. The fraction of sp³-hybridized carbons (Fsp3) is 0.500. The minimum absolute atomic E-state index is 0.0943. The zero-order valence-electron chi connectivity index (χ0n) is 13.6.